The monoisotopic (exact) mass is 312 g/mol. The van der Waals surface area contributed by atoms with Gasteiger partial charge in [-0.05, 0) is 25.5 Å². The summed E-state index contributed by atoms with van der Waals surface area (Å²) in [6.07, 6.45) is 0.729. The highest BCUT2D eigenvalue weighted by molar-refractivity contribution is 5.77. The highest BCUT2D eigenvalue weighted by Gasteiger charge is 2.22. The number of hydrogen-bond donors (Lipinski definition) is 1. The van der Waals surface area contributed by atoms with Crippen LogP contribution in [0.5, 0.6) is 5.88 Å². The van der Waals surface area contributed by atoms with E-state index in [1.807, 2.05) is 52.0 Å². The fourth-order valence-corrected chi connectivity index (χ4v) is 2.45. The Morgan fingerprint density at radius 2 is 2.09 bits per heavy atom. The van der Waals surface area contributed by atoms with E-state index in [-0.39, 0.29) is 11.9 Å². The number of para-hydroxylation sites is 2. The molecular weight excluding hydrogens is 292 g/mol. The second-order valence-corrected chi connectivity index (χ2v) is 5.79. The lowest BCUT2D eigenvalue weighted by Crippen LogP contribution is -2.18. The Kier molecular flexibility index (Phi) is 3.90. The van der Waals surface area contributed by atoms with Crippen LogP contribution in [-0.4, -0.2) is 25.7 Å². The molecule has 0 radical (unpaired) electrons. The molecule has 1 aromatic carbocycles. The van der Waals surface area contributed by atoms with Gasteiger partial charge in [0.2, 0.25) is 11.8 Å². The summed E-state index contributed by atoms with van der Waals surface area (Å²) in [5.41, 5.74) is 3.50. The van der Waals surface area contributed by atoms with Gasteiger partial charge in [0, 0.05) is 5.56 Å². The van der Waals surface area contributed by atoms with Crippen LogP contribution in [0.25, 0.3) is 17.0 Å². The molecule has 6 nitrogen and oxygen atoms in total. The van der Waals surface area contributed by atoms with Crippen LogP contribution in [0.15, 0.2) is 24.3 Å². The Balaban J connectivity index is 2.12. The normalized spacial score (nSPS) is 11.3. The summed E-state index contributed by atoms with van der Waals surface area (Å²) in [5, 5.41) is 4.51. The van der Waals surface area contributed by atoms with Crippen molar-refractivity contribution < 1.29 is 9.53 Å². The summed E-state index contributed by atoms with van der Waals surface area (Å²) in [6, 6.07) is 7.74. The highest BCUT2D eigenvalue weighted by atomic mass is 16.5. The molecule has 0 atom stereocenters. The van der Waals surface area contributed by atoms with Crippen molar-refractivity contribution in [2.24, 2.45) is 5.92 Å². The number of rotatable bonds is 4. The molecule has 2 aromatic heterocycles. The van der Waals surface area contributed by atoms with Crippen molar-refractivity contribution in [3.8, 4) is 11.8 Å². The number of carbonyl (C=O) groups is 1. The predicted octanol–water partition coefficient (Wildman–Crippen LogP) is 3.18. The van der Waals surface area contributed by atoms with Crippen molar-refractivity contribution in [2.75, 3.05) is 0 Å². The standard InChI is InChI=1S/C17H20N4O2/c1-5-12-11(4)20-21(15(12)23-16(22)10(2)3)17-18-13-8-6-7-9-14(13)19-17/h6-10H,5H2,1-4H3,(H,18,19). The molecule has 0 aliphatic rings. The van der Waals surface area contributed by atoms with Crippen LogP contribution in [0.3, 0.4) is 0 Å². The lowest BCUT2D eigenvalue weighted by molar-refractivity contribution is -0.138. The summed E-state index contributed by atoms with van der Waals surface area (Å²) in [7, 11) is 0. The number of aromatic amines is 1. The minimum atomic E-state index is -0.281. The van der Waals surface area contributed by atoms with E-state index in [0.29, 0.717) is 11.8 Å². The number of H-pyrrole nitrogens is 1. The predicted molar refractivity (Wildman–Crippen MR) is 87.8 cm³/mol. The lowest BCUT2D eigenvalue weighted by atomic mass is 10.2. The quantitative estimate of drug-likeness (QED) is 0.751. The van der Waals surface area contributed by atoms with E-state index in [4.69, 9.17) is 4.74 Å². The van der Waals surface area contributed by atoms with Crippen LogP contribution < -0.4 is 4.74 Å². The first-order valence-electron chi connectivity index (χ1n) is 7.76. The van der Waals surface area contributed by atoms with Gasteiger partial charge in [0.25, 0.3) is 0 Å². The zero-order valence-electron chi connectivity index (χ0n) is 13.8. The van der Waals surface area contributed by atoms with Gasteiger partial charge < -0.3 is 9.72 Å². The van der Waals surface area contributed by atoms with Crippen LogP contribution in [0, 0.1) is 12.8 Å². The number of nitrogens with zero attached hydrogens (tertiary/aromatic N) is 3. The number of imidazole rings is 1. The Bertz CT molecular complexity index is 828. The van der Waals surface area contributed by atoms with Gasteiger partial charge in [0.1, 0.15) is 0 Å². The van der Waals surface area contributed by atoms with Gasteiger partial charge in [0.05, 0.1) is 22.6 Å². The topological polar surface area (TPSA) is 72.8 Å². The third-order valence-electron chi connectivity index (χ3n) is 3.74. The number of hydrogen-bond acceptors (Lipinski definition) is 4. The van der Waals surface area contributed by atoms with Gasteiger partial charge >= 0.3 is 5.97 Å². The Morgan fingerprint density at radius 1 is 1.35 bits per heavy atom. The molecule has 6 heteroatoms. The first-order chi connectivity index (χ1) is 11.0. The van der Waals surface area contributed by atoms with Crippen molar-refractivity contribution in [1.82, 2.24) is 19.7 Å². The van der Waals surface area contributed by atoms with Crippen molar-refractivity contribution in [2.45, 2.75) is 34.1 Å². The first kappa shape index (κ1) is 15.3. The smallest absolute Gasteiger partial charge is 0.315 e. The SMILES string of the molecule is CCc1c(C)nn(-c2nc3ccccc3[nH]2)c1OC(=O)C(C)C. The van der Waals surface area contributed by atoms with Crippen LogP contribution in [0.1, 0.15) is 32.0 Å². The molecule has 0 amide bonds. The summed E-state index contributed by atoms with van der Waals surface area (Å²) in [4.78, 5) is 19.8. The Hall–Kier alpha value is -2.63. The van der Waals surface area contributed by atoms with Crippen LogP contribution in [-0.2, 0) is 11.2 Å². The zero-order valence-corrected chi connectivity index (χ0v) is 13.8. The Morgan fingerprint density at radius 3 is 2.74 bits per heavy atom. The second-order valence-electron chi connectivity index (χ2n) is 5.79. The minimum Gasteiger partial charge on any atom is -0.407 e. The molecule has 23 heavy (non-hydrogen) atoms. The first-order valence-corrected chi connectivity index (χ1v) is 7.76. The fraction of sp³-hybridized carbons (Fsp3) is 0.353. The summed E-state index contributed by atoms with van der Waals surface area (Å²) < 4.78 is 7.18. The summed E-state index contributed by atoms with van der Waals surface area (Å²) in [5.74, 6) is 0.499. The molecule has 0 saturated carbocycles. The van der Waals surface area contributed by atoms with E-state index < -0.39 is 0 Å². The van der Waals surface area contributed by atoms with Gasteiger partial charge in [0.15, 0.2) is 0 Å². The minimum absolute atomic E-state index is 0.209. The molecule has 0 unspecified atom stereocenters. The number of fused-ring (bicyclic) bond motifs is 1. The maximum atomic E-state index is 12.1. The number of nitrogens with one attached hydrogen (secondary N) is 1. The average molecular weight is 312 g/mol. The van der Waals surface area contributed by atoms with Crippen LogP contribution in [0.4, 0.5) is 0 Å². The maximum Gasteiger partial charge on any atom is 0.315 e. The van der Waals surface area contributed by atoms with Crippen molar-refractivity contribution in [3.63, 3.8) is 0 Å². The van der Waals surface area contributed by atoms with E-state index in [1.54, 1.807) is 4.68 Å². The number of aryl methyl sites for hydroxylation is 1. The van der Waals surface area contributed by atoms with E-state index in [0.717, 1.165) is 28.7 Å². The summed E-state index contributed by atoms with van der Waals surface area (Å²) in [6.45, 7) is 7.54. The molecule has 0 aliphatic carbocycles. The molecular formula is C17H20N4O2. The van der Waals surface area contributed by atoms with Gasteiger partial charge in [-0.1, -0.05) is 32.9 Å². The van der Waals surface area contributed by atoms with Crippen LogP contribution in [0.2, 0.25) is 0 Å². The third-order valence-corrected chi connectivity index (χ3v) is 3.74. The number of aromatic nitrogens is 4. The van der Waals surface area contributed by atoms with E-state index in [2.05, 4.69) is 15.1 Å². The fourth-order valence-electron chi connectivity index (χ4n) is 2.45. The molecule has 0 spiro atoms. The number of esters is 1. The van der Waals surface area contributed by atoms with Crippen LogP contribution >= 0.6 is 0 Å². The van der Waals surface area contributed by atoms with E-state index >= 15 is 0 Å². The second kappa shape index (κ2) is 5.87. The average Bonchev–Trinajstić information content (AvgIpc) is 3.07. The lowest BCUT2D eigenvalue weighted by Gasteiger charge is -2.09. The van der Waals surface area contributed by atoms with Gasteiger partial charge in [-0.3, -0.25) is 4.79 Å². The van der Waals surface area contributed by atoms with Gasteiger partial charge in [-0.2, -0.15) is 9.78 Å². The largest absolute Gasteiger partial charge is 0.407 e. The third kappa shape index (κ3) is 2.72. The molecule has 0 saturated heterocycles. The molecule has 120 valence electrons. The van der Waals surface area contributed by atoms with Gasteiger partial charge in [-0.15, -0.1) is 0 Å². The molecule has 0 bridgehead atoms. The van der Waals surface area contributed by atoms with E-state index in [1.165, 1.54) is 0 Å². The Labute approximate surface area is 134 Å². The zero-order chi connectivity index (χ0) is 16.6. The van der Waals surface area contributed by atoms with Crippen molar-refractivity contribution in [1.29, 1.82) is 0 Å². The molecule has 3 aromatic rings. The molecule has 1 N–H and O–H groups in total. The molecule has 0 fully saturated rings. The molecule has 0 aliphatic heterocycles. The van der Waals surface area contributed by atoms with Crippen molar-refractivity contribution in [3.05, 3.63) is 35.5 Å². The van der Waals surface area contributed by atoms with E-state index in [9.17, 15) is 4.79 Å². The van der Waals surface area contributed by atoms with Gasteiger partial charge in [-0.25, -0.2) is 4.98 Å². The molecule has 3 rings (SSSR count). The summed E-state index contributed by atoms with van der Waals surface area (Å²) >= 11 is 0. The maximum absolute atomic E-state index is 12.1. The molecule has 2 heterocycles. The number of benzene rings is 1. The number of carbonyl (C=O) groups excluding carboxylic acids is 1. The number of ether oxygens (including phenoxy) is 1. The highest BCUT2D eigenvalue weighted by Crippen LogP contribution is 2.27. The van der Waals surface area contributed by atoms with Crippen molar-refractivity contribution >= 4 is 17.0 Å².